The van der Waals surface area contributed by atoms with E-state index in [1.54, 1.807) is 25.7 Å². The SMILES string of the molecule is CC[C@H](N)C(=O)N1CCN(C(=O)c2ccc(C(F)(F)F)c(F)c2)C(C)(C)C1.Cl. The number of nitrogens with zero attached hydrogens (tertiary/aromatic N) is 2. The lowest BCUT2D eigenvalue weighted by Crippen LogP contribution is -2.63. The lowest BCUT2D eigenvalue weighted by atomic mass is 9.96. The van der Waals surface area contributed by atoms with E-state index >= 15 is 0 Å². The van der Waals surface area contributed by atoms with Gasteiger partial charge in [-0.3, -0.25) is 9.59 Å². The molecule has 1 aliphatic heterocycles. The van der Waals surface area contributed by atoms with Crippen LogP contribution in [0.5, 0.6) is 0 Å². The number of hydrogen-bond donors (Lipinski definition) is 1. The van der Waals surface area contributed by atoms with Gasteiger partial charge in [0.1, 0.15) is 5.82 Å². The second-order valence-corrected chi connectivity index (χ2v) is 7.24. The first-order chi connectivity index (χ1) is 12.4. The van der Waals surface area contributed by atoms with E-state index in [0.29, 0.717) is 18.6 Å². The number of rotatable bonds is 3. The maximum Gasteiger partial charge on any atom is 0.419 e. The van der Waals surface area contributed by atoms with Crippen molar-refractivity contribution in [2.75, 3.05) is 19.6 Å². The van der Waals surface area contributed by atoms with Crippen LogP contribution in [0.15, 0.2) is 18.2 Å². The van der Waals surface area contributed by atoms with Crippen molar-refractivity contribution in [3.8, 4) is 0 Å². The van der Waals surface area contributed by atoms with Crippen LogP contribution in [-0.2, 0) is 11.0 Å². The van der Waals surface area contributed by atoms with Gasteiger partial charge in [0, 0.05) is 25.2 Å². The third-order valence-corrected chi connectivity index (χ3v) is 4.74. The number of carbonyl (C=O) groups is 2. The normalized spacial score (nSPS) is 17.7. The molecule has 0 spiro atoms. The lowest BCUT2D eigenvalue weighted by molar-refractivity contribution is -0.140. The molecule has 2 rings (SSSR count). The molecule has 1 fully saturated rings. The summed E-state index contributed by atoms with van der Waals surface area (Å²) in [6.07, 6.45) is -4.34. The zero-order valence-corrected chi connectivity index (χ0v) is 16.7. The van der Waals surface area contributed by atoms with E-state index in [2.05, 4.69) is 0 Å². The molecule has 158 valence electrons. The number of hydrogen-bond acceptors (Lipinski definition) is 3. The molecule has 10 heteroatoms. The molecule has 28 heavy (non-hydrogen) atoms. The summed E-state index contributed by atoms with van der Waals surface area (Å²) in [6.45, 7) is 5.94. The maximum absolute atomic E-state index is 13.8. The minimum Gasteiger partial charge on any atom is -0.337 e. The van der Waals surface area contributed by atoms with Crippen LogP contribution in [-0.4, -0.2) is 52.8 Å². The number of nitrogens with two attached hydrogens (primary N) is 1. The van der Waals surface area contributed by atoms with Gasteiger partial charge in [0.15, 0.2) is 0 Å². The average molecular weight is 426 g/mol. The molecule has 0 aliphatic carbocycles. The highest BCUT2D eigenvalue weighted by Crippen LogP contribution is 2.32. The van der Waals surface area contributed by atoms with Crippen molar-refractivity contribution in [1.29, 1.82) is 0 Å². The van der Waals surface area contributed by atoms with Crippen LogP contribution in [0, 0.1) is 5.82 Å². The average Bonchev–Trinajstić information content (AvgIpc) is 2.57. The van der Waals surface area contributed by atoms with Gasteiger partial charge >= 0.3 is 6.18 Å². The van der Waals surface area contributed by atoms with Crippen LogP contribution >= 0.6 is 12.4 Å². The van der Waals surface area contributed by atoms with Crippen molar-refractivity contribution in [2.24, 2.45) is 5.73 Å². The number of alkyl halides is 3. The number of carbonyl (C=O) groups excluding carboxylic acids is 2. The molecule has 1 aliphatic rings. The van der Waals surface area contributed by atoms with Crippen molar-refractivity contribution in [3.63, 3.8) is 0 Å². The topological polar surface area (TPSA) is 66.6 Å². The third kappa shape index (κ3) is 4.94. The van der Waals surface area contributed by atoms with E-state index in [4.69, 9.17) is 5.73 Å². The number of amides is 2. The molecule has 1 atom stereocenters. The second kappa shape index (κ2) is 8.65. The second-order valence-electron chi connectivity index (χ2n) is 7.24. The van der Waals surface area contributed by atoms with Gasteiger partial charge in [-0.1, -0.05) is 6.92 Å². The van der Waals surface area contributed by atoms with Gasteiger partial charge in [0.25, 0.3) is 5.91 Å². The Hall–Kier alpha value is -1.87. The highest BCUT2D eigenvalue weighted by molar-refractivity contribution is 5.95. The Kier molecular flexibility index (Phi) is 7.47. The molecule has 5 nitrogen and oxygen atoms in total. The summed E-state index contributed by atoms with van der Waals surface area (Å²) < 4.78 is 51.9. The van der Waals surface area contributed by atoms with Gasteiger partial charge in [0.05, 0.1) is 17.1 Å². The molecule has 0 saturated carbocycles. The van der Waals surface area contributed by atoms with Crippen LogP contribution in [0.2, 0.25) is 0 Å². The Morgan fingerprint density at radius 3 is 2.32 bits per heavy atom. The Bertz CT molecular complexity index is 740. The van der Waals surface area contributed by atoms with Crippen LogP contribution in [0.3, 0.4) is 0 Å². The van der Waals surface area contributed by atoms with Gasteiger partial charge in [-0.2, -0.15) is 13.2 Å². The number of benzene rings is 1. The zero-order chi connectivity index (χ0) is 20.6. The Balaban J connectivity index is 0.00000392. The fourth-order valence-electron chi connectivity index (χ4n) is 3.16. The molecule has 0 radical (unpaired) electrons. The summed E-state index contributed by atoms with van der Waals surface area (Å²) in [4.78, 5) is 28.0. The molecule has 0 aromatic heterocycles. The van der Waals surface area contributed by atoms with E-state index in [9.17, 15) is 27.2 Å². The van der Waals surface area contributed by atoms with Crippen LogP contribution < -0.4 is 5.73 Å². The predicted molar refractivity (Wildman–Crippen MR) is 98.6 cm³/mol. The van der Waals surface area contributed by atoms with Crippen molar-refractivity contribution in [2.45, 2.75) is 44.9 Å². The minimum absolute atomic E-state index is 0. The molecule has 1 aromatic rings. The van der Waals surface area contributed by atoms with E-state index < -0.39 is 35.0 Å². The van der Waals surface area contributed by atoms with E-state index in [1.807, 2.05) is 0 Å². The molecule has 1 saturated heterocycles. The Labute approximate surface area is 167 Å². The van der Waals surface area contributed by atoms with Gasteiger partial charge in [-0.15, -0.1) is 12.4 Å². The zero-order valence-electron chi connectivity index (χ0n) is 15.8. The van der Waals surface area contributed by atoms with Gasteiger partial charge in [0.2, 0.25) is 5.91 Å². The largest absolute Gasteiger partial charge is 0.419 e. The molecular weight excluding hydrogens is 402 g/mol. The van der Waals surface area contributed by atoms with Crippen LogP contribution in [0.4, 0.5) is 17.6 Å². The first kappa shape index (κ1) is 24.2. The summed E-state index contributed by atoms with van der Waals surface area (Å²) >= 11 is 0. The summed E-state index contributed by atoms with van der Waals surface area (Å²) in [5.41, 5.74) is 3.42. The van der Waals surface area contributed by atoms with Gasteiger partial charge < -0.3 is 15.5 Å². The Morgan fingerprint density at radius 1 is 1.25 bits per heavy atom. The van der Waals surface area contributed by atoms with Gasteiger partial charge in [-0.25, -0.2) is 4.39 Å². The van der Waals surface area contributed by atoms with E-state index in [-0.39, 0.29) is 43.5 Å². The first-order valence-electron chi connectivity index (χ1n) is 8.61. The van der Waals surface area contributed by atoms with E-state index in [1.165, 1.54) is 4.90 Å². The summed E-state index contributed by atoms with van der Waals surface area (Å²) in [6, 6.07) is 1.52. The monoisotopic (exact) mass is 425 g/mol. The maximum atomic E-state index is 13.8. The molecule has 2 amide bonds. The molecule has 1 heterocycles. The van der Waals surface area contributed by atoms with Crippen LogP contribution in [0.25, 0.3) is 0 Å². The highest BCUT2D eigenvalue weighted by atomic mass is 35.5. The molecule has 1 aromatic carbocycles. The third-order valence-electron chi connectivity index (χ3n) is 4.74. The quantitative estimate of drug-likeness (QED) is 0.757. The smallest absolute Gasteiger partial charge is 0.337 e. The summed E-state index contributed by atoms with van der Waals surface area (Å²) in [5.74, 6) is -2.29. The molecule has 0 bridgehead atoms. The first-order valence-corrected chi connectivity index (χ1v) is 8.61. The summed E-state index contributed by atoms with van der Waals surface area (Å²) in [5, 5.41) is 0. The predicted octanol–water partition coefficient (Wildman–Crippen LogP) is 3.07. The molecular formula is C18H24ClF4N3O2. The lowest BCUT2D eigenvalue weighted by Gasteiger charge is -2.47. The standard InChI is InChI=1S/C18H23F4N3O2.ClH/c1-4-14(23)16(27)24-7-8-25(17(2,3)10-24)15(26)11-5-6-12(13(19)9-11)18(20,21)22;/h5-6,9,14H,4,7-8,10,23H2,1-3H3;1H/t14-;/m0./s1. The van der Waals surface area contributed by atoms with Crippen molar-refractivity contribution in [3.05, 3.63) is 35.1 Å². The van der Waals surface area contributed by atoms with Crippen molar-refractivity contribution < 1.29 is 27.2 Å². The Morgan fingerprint density at radius 2 is 1.86 bits per heavy atom. The number of piperazine rings is 1. The molecule has 0 unspecified atom stereocenters. The highest BCUT2D eigenvalue weighted by Gasteiger charge is 2.40. The van der Waals surface area contributed by atoms with Crippen molar-refractivity contribution in [1.82, 2.24) is 9.80 Å². The summed E-state index contributed by atoms with van der Waals surface area (Å²) in [7, 11) is 0. The molecule has 2 N–H and O–H groups in total. The van der Waals surface area contributed by atoms with Crippen molar-refractivity contribution >= 4 is 24.2 Å². The minimum atomic E-state index is -4.82. The fourth-order valence-corrected chi connectivity index (χ4v) is 3.16. The van der Waals surface area contributed by atoms with Crippen LogP contribution in [0.1, 0.15) is 43.1 Å². The van der Waals surface area contributed by atoms with E-state index in [0.717, 1.165) is 6.07 Å². The van der Waals surface area contributed by atoms with Gasteiger partial charge in [-0.05, 0) is 38.5 Å². The number of halogens is 5. The fraction of sp³-hybridized carbons (Fsp3) is 0.556.